The van der Waals surface area contributed by atoms with Crippen LogP contribution >= 0.6 is 0 Å². The molecule has 3 heterocycles. The van der Waals surface area contributed by atoms with E-state index in [1.807, 2.05) is 0 Å². The van der Waals surface area contributed by atoms with Gasteiger partial charge in [0.1, 0.15) is 0 Å². The molecular formula is C13H20FN5O. The smallest absolute Gasteiger partial charge is 0.223 e. The van der Waals surface area contributed by atoms with Crippen LogP contribution in [0.3, 0.4) is 0 Å². The van der Waals surface area contributed by atoms with E-state index in [1.165, 1.54) is 12.4 Å². The summed E-state index contributed by atoms with van der Waals surface area (Å²) in [5.41, 5.74) is 0. The van der Waals surface area contributed by atoms with Gasteiger partial charge in [-0.1, -0.05) is 0 Å². The number of rotatable bonds is 3. The minimum absolute atomic E-state index is 0.156. The van der Waals surface area contributed by atoms with Crippen LogP contribution in [0, 0.1) is 5.82 Å². The van der Waals surface area contributed by atoms with Gasteiger partial charge in [0.25, 0.3) is 0 Å². The Morgan fingerprint density at radius 2 is 1.90 bits per heavy atom. The third-order valence-corrected chi connectivity index (χ3v) is 3.99. The van der Waals surface area contributed by atoms with E-state index in [-0.39, 0.29) is 6.04 Å². The first-order chi connectivity index (χ1) is 9.72. The Morgan fingerprint density at radius 3 is 2.60 bits per heavy atom. The van der Waals surface area contributed by atoms with Gasteiger partial charge in [0.15, 0.2) is 5.82 Å². The maximum atomic E-state index is 12.8. The van der Waals surface area contributed by atoms with Gasteiger partial charge in [0.05, 0.1) is 37.7 Å². The normalized spacial score (nSPS) is 28.7. The summed E-state index contributed by atoms with van der Waals surface area (Å²) in [6.07, 6.45) is 2.35. The Bertz CT molecular complexity index is 435. The average molecular weight is 281 g/mol. The largest absolute Gasteiger partial charge is 0.378 e. The highest BCUT2D eigenvalue weighted by Crippen LogP contribution is 2.18. The number of hydrogen-bond donors (Lipinski definition) is 1. The molecule has 0 aromatic carbocycles. The highest BCUT2D eigenvalue weighted by atomic mass is 19.1. The second-order valence-electron chi connectivity index (χ2n) is 5.42. The van der Waals surface area contributed by atoms with Crippen LogP contribution in [0.15, 0.2) is 12.4 Å². The summed E-state index contributed by atoms with van der Waals surface area (Å²) in [5, 5.41) is 3.26. The standard InChI is InChI=1S/C13H20FN5O/c1-18-2-4-19(5-3-18)12-9-20-8-11(12)17-13-15-6-10(14)7-16-13/h6-7,11-12H,2-5,8-9H2,1H3,(H,15,16,17)/t11-,12-/m0/s1. The molecule has 2 atom stereocenters. The summed E-state index contributed by atoms with van der Waals surface area (Å²) >= 11 is 0. The molecule has 2 fully saturated rings. The quantitative estimate of drug-likeness (QED) is 0.844. The summed E-state index contributed by atoms with van der Waals surface area (Å²) in [5.74, 6) is 0.0369. The molecule has 1 aromatic heterocycles. The Balaban J connectivity index is 1.62. The van der Waals surface area contributed by atoms with Crippen molar-refractivity contribution in [3.8, 4) is 0 Å². The van der Waals surface area contributed by atoms with Gasteiger partial charge in [-0.3, -0.25) is 4.90 Å². The van der Waals surface area contributed by atoms with E-state index in [2.05, 4.69) is 32.1 Å². The van der Waals surface area contributed by atoms with Crippen molar-refractivity contribution >= 4 is 5.95 Å². The summed E-state index contributed by atoms with van der Waals surface area (Å²) < 4.78 is 18.4. The fraction of sp³-hybridized carbons (Fsp3) is 0.692. The first-order valence-corrected chi connectivity index (χ1v) is 6.97. The van der Waals surface area contributed by atoms with E-state index in [4.69, 9.17) is 4.74 Å². The maximum absolute atomic E-state index is 12.8. The Hall–Kier alpha value is -1.31. The third kappa shape index (κ3) is 3.05. The van der Waals surface area contributed by atoms with E-state index >= 15 is 0 Å². The predicted molar refractivity (Wildman–Crippen MR) is 73.1 cm³/mol. The summed E-state index contributed by atoms with van der Waals surface area (Å²) in [7, 11) is 2.14. The Labute approximate surface area is 117 Å². The van der Waals surface area contributed by atoms with Crippen LogP contribution in [0.2, 0.25) is 0 Å². The van der Waals surface area contributed by atoms with Gasteiger partial charge in [-0.15, -0.1) is 0 Å². The molecule has 110 valence electrons. The minimum atomic E-state index is -0.422. The van der Waals surface area contributed by atoms with Crippen LogP contribution in [-0.2, 0) is 4.74 Å². The molecule has 20 heavy (non-hydrogen) atoms. The second kappa shape index (κ2) is 5.99. The molecule has 2 aliphatic rings. The fourth-order valence-electron chi connectivity index (χ4n) is 2.75. The van der Waals surface area contributed by atoms with Crippen molar-refractivity contribution in [1.29, 1.82) is 0 Å². The van der Waals surface area contributed by atoms with Crippen molar-refractivity contribution in [2.45, 2.75) is 12.1 Å². The third-order valence-electron chi connectivity index (χ3n) is 3.99. The van der Waals surface area contributed by atoms with Crippen LogP contribution in [0.25, 0.3) is 0 Å². The maximum Gasteiger partial charge on any atom is 0.223 e. The molecule has 0 radical (unpaired) electrons. The molecule has 0 amide bonds. The highest BCUT2D eigenvalue weighted by molar-refractivity contribution is 5.26. The SMILES string of the molecule is CN1CCN([C@H]2COC[C@@H]2Nc2ncc(F)cn2)CC1. The summed E-state index contributed by atoms with van der Waals surface area (Å²) in [4.78, 5) is 12.7. The van der Waals surface area contributed by atoms with Gasteiger partial charge < -0.3 is 15.0 Å². The number of nitrogens with one attached hydrogen (secondary N) is 1. The van der Waals surface area contributed by atoms with Crippen LogP contribution < -0.4 is 5.32 Å². The Morgan fingerprint density at radius 1 is 1.20 bits per heavy atom. The fourth-order valence-corrected chi connectivity index (χ4v) is 2.75. The molecule has 7 heteroatoms. The molecule has 2 aliphatic heterocycles. The molecular weight excluding hydrogens is 261 g/mol. The zero-order chi connectivity index (χ0) is 13.9. The lowest BCUT2D eigenvalue weighted by molar-refractivity contribution is 0.0948. The van der Waals surface area contributed by atoms with Crippen LogP contribution in [-0.4, -0.2) is 78.3 Å². The zero-order valence-electron chi connectivity index (χ0n) is 11.6. The minimum Gasteiger partial charge on any atom is -0.378 e. The van der Waals surface area contributed by atoms with E-state index in [0.717, 1.165) is 32.8 Å². The van der Waals surface area contributed by atoms with Crippen molar-refractivity contribution < 1.29 is 9.13 Å². The molecule has 0 saturated carbocycles. The van der Waals surface area contributed by atoms with Crippen LogP contribution in [0.4, 0.5) is 10.3 Å². The molecule has 3 rings (SSSR count). The molecule has 0 aliphatic carbocycles. The lowest BCUT2D eigenvalue weighted by Crippen LogP contribution is -2.54. The lowest BCUT2D eigenvalue weighted by Gasteiger charge is -2.38. The number of halogens is 1. The van der Waals surface area contributed by atoms with Crippen molar-refractivity contribution in [2.75, 3.05) is 51.8 Å². The number of nitrogens with zero attached hydrogens (tertiary/aromatic N) is 4. The van der Waals surface area contributed by atoms with Crippen LogP contribution in [0.5, 0.6) is 0 Å². The molecule has 0 bridgehead atoms. The number of anilines is 1. The summed E-state index contributed by atoms with van der Waals surface area (Å²) in [6.45, 7) is 5.62. The predicted octanol–water partition coefficient (Wildman–Crippen LogP) is 0.0424. The van der Waals surface area contributed by atoms with Crippen LogP contribution in [0.1, 0.15) is 0 Å². The first-order valence-electron chi connectivity index (χ1n) is 6.97. The topological polar surface area (TPSA) is 53.5 Å². The van der Waals surface area contributed by atoms with Crippen molar-refractivity contribution in [2.24, 2.45) is 0 Å². The number of aromatic nitrogens is 2. The summed E-state index contributed by atoms with van der Waals surface area (Å²) in [6, 6.07) is 0.487. The van der Waals surface area contributed by atoms with Gasteiger partial charge >= 0.3 is 0 Å². The number of hydrogen-bond acceptors (Lipinski definition) is 6. The second-order valence-corrected chi connectivity index (χ2v) is 5.42. The van der Waals surface area contributed by atoms with E-state index in [1.54, 1.807) is 0 Å². The monoisotopic (exact) mass is 281 g/mol. The molecule has 0 unspecified atom stereocenters. The van der Waals surface area contributed by atoms with E-state index < -0.39 is 5.82 Å². The molecule has 6 nitrogen and oxygen atoms in total. The highest BCUT2D eigenvalue weighted by Gasteiger charge is 2.34. The van der Waals surface area contributed by atoms with Crippen molar-refractivity contribution in [3.05, 3.63) is 18.2 Å². The van der Waals surface area contributed by atoms with Crippen molar-refractivity contribution in [3.63, 3.8) is 0 Å². The molecule has 1 aromatic rings. The number of likely N-dealkylation sites (N-methyl/N-ethyl adjacent to an activating group) is 1. The Kier molecular flexibility index (Phi) is 4.09. The van der Waals surface area contributed by atoms with Gasteiger partial charge in [-0.05, 0) is 7.05 Å². The van der Waals surface area contributed by atoms with Gasteiger partial charge in [0.2, 0.25) is 5.95 Å². The molecule has 2 saturated heterocycles. The van der Waals surface area contributed by atoms with Gasteiger partial charge in [0, 0.05) is 26.2 Å². The number of piperazine rings is 1. The van der Waals surface area contributed by atoms with Gasteiger partial charge in [-0.2, -0.15) is 0 Å². The average Bonchev–Trinajstić information content (AvgIpc) is 2.90. The number of ether oxygens (including phenoxy) is 1. The van der Waals surface area contributed by atoms with Crippen molar-refractivity contribution in [1.82, 2.24) is 19.8 Å². The zero-order valence-corrected chi connectivity index (χ0v) is 11.6. The molecule has 0 spiro atoms. The lowest BCUT2D eigenvalue weighted by atomic mass is 10.1. The molecule has 1 N–H and O–H groups in total. The first kappa shape index (κ1) is 13.7. The van der Waals surface area contributed by atoms with E-state index in [0.29, 0.717) is 18.6 Å². The van der Waals surface area contributed by atoms with E-state index in [9.17, 15) is 4.39 Å². The van der Waals surface area contributed by atoms with Gasteiger partial charge in [-0.25, -0.2) is 14.4 Å².